The van der Waals surface area contributed by atoms with Crippen LogP contribution in [0, 0.1) is 0 Å². The predicted octanol–water partition coefficient (Wildman–Crippen LogP) is 3.87. The van der Waals surface area contributed by atoms with Gasteiger partial charge in [-0.1, -0.05) is 28.1 Å². The van der Waals surface area contributed by atoms with Gasteiger partial charge in [0.05, 0.1) is 0 Å². The summed E-state index contributed by atoms with van der Waals surface area (Å²) in [6.07, 6.45) is -6.45. The smallest absolute Gasteiger partial charge is 0.426 e. The summed E-state index contributed by atoms with van der Waals surface area (Å²) in [4.78, 5) is 0. The van der Waals surface area contributed by atoms with Crippen molar-refractivity contribution in [3.63, 3.8) is 0 Å². The third kappa shape index (κ3) is 3.39. The molecule has 1 atom stereocenters. The summed E-state index contributed by atoms with van der Waals surface area (Å²) >= 11 is 3.33. The topological polar surface area (TPSA) is 35.2 Å². The summed E-state index contributed by atoms with van der Waals surface area (Å²) < 4.78 is 43.5. The van der Waals surface area contributed by atoms with Gasteiger partial charge in [0, 0.05) is 11.0 Å². The number of fused-ring (bicyclic) bond motifs is 1. The highest BCUT2D eigenvalue weighted by atomic mass is 79.9. The van der Waals surface area contributed by atoms with E-state index in [2.05, 4.69) is 15.9 Å². The highest BCUT2D eigenvalue weighted by Gasteiger charge is 2.40. The molecule has 0 heterocycles. The number of halogens is 4. The van der Waals surface area contributed by atoms with Crippen LogP contribution in [-0.4, -0.2) is 18.8 Å². The van der Waals surface area contributed by atoms with E-state index in [1.165, 1.54) is 6.07 Å². The lowest BCUT2D eigenvalue weighted by atomic mass is 10.1. The maximum atomic E-state index is 12.6. The molecule has 19 heavy (non-hydrogen) atoms. The first kappa shape index (κ1) is 14.1. The van der Waals surface area contributed by atoms with Gasteiger partial charge in [-0.05, 0) is 35.0 Å². The molecule has 0 spiro atoms. The Bertz CT molecular complexity index is 586. The fourth-order valence-corrected chi connectivity index (χ4v) is 2.06. The summed E-state index contributed by atoms with van der Waals surface area (Å²) in [5.74, 6) is 0.155. The average Bonchev–Trinajstić information content (AvgIpc) is 2.34. The Morgan fingerprint density at radius 1 is 1.11 bits per heavy atom. The van der Waals surface area contributed by atoms with Gasteiger partial charge >= 0.3 is 6.18 Å². The number of ether oxygens (including phenoxy) is 1. The first-order valence-electron chi connectivity index (χ1n) is 5.53. The van der Waals surface area contributed by atoms with Crippen LogP contribution in [-0.2, 0) is 0 Å². The molecule has 2 rings (SSSR count). The zero-order valence-corrected chi connectivity index (χ0v) is 11.3. The lowest BCUT2D eigenvalue weighted by Crippen LogP contribution is -2.40. The Kier molecular flexibility index (Phi) is 4.01. The van der Waals surface area contributed by atoms with Gasteiger partial charge in [-0.2, -0.15) is 13.2 Å². The second-order valence-electron chi connectivity index (χ2n) is 4.04. The van der Waals surface area contributed by atoms with Gasteiger partial charge in [0.25, 0.3) is 0 Å². The Labute approximate surface area is 116 Å². The summed E-state index contributed by atoms with van der Waals surface area (Å²) in [6, 6.07) is 10.3. The third-order valence-corrected chi connectivity index (χ3v) is 3.12. The minimum atomic E-state index is -4.47. The van der Waals surface area contributed by atoms with E-state index >= 15 is 0 Å². The Morgan fingerprint density at radius 2 is 1.74 bits per heavy atom. The van der Waals surface area contributed by atoms with E-state index in [0.29, 0.717) is 0 Å². The maximum absolute atomic E-state index is 12.6. The van der Waals surface area contributed by atoms with E-state index < -0.39 is 18.8 Å². The molecule has 2 aromatic rings. The van der Waals surface area contributed by atoms with Crippen molar-refractivity contribution in [3.05, 3.63) is 40.9 Å². The summed E-state index contributed by atoms with van der Waals surface area (Å²) in [5.41, 5.74) is 5.09. The lowest BCUT2D eigenvalue weighted by molar-refractivity contribution is -0.191. The predicted molar refractivity (Wildman–Crippen MR) is 71.2 cm³/mol. The van der Waals surface area contributed by atoms with Crippen LogP contribution in [0.25, 0.3) is 10.8 Å². The number of benzene rings is 2. The fourth-order valence-electron chi connectivity index (χ4n) is 1.68. The number of rotatable bonds is 3. The van der Waals surface area contributed by atoms with Gasteiger partial charge in [-0.25, -0.2) is 0 Å². The van der Waals surface area contributed by atoms with Crippen LogP contribution >= 0.6 is 15.9 Å². The van der Waals surface area contributed by atoms with E-state index in [-0.39, 0.29) is 5.75 Å². The van der Waals surface area contributed by atoms with Gasteiger partial charge < -0.3 is 10.5 Å². The molecule has 0 aliphatic heterocycles. The highest BCUT2D eigenvalue weighted by Crippen LogP contribution is 2.28. The molecule has 0 saturated carbocycles. The van der Waals surface area contributed by atoms with Crippen LogP contribution in [0.15, 0.2) is 40.9 Å². The second kappa shape index (κ2) is 5.38. The number of hydrogen-bond donors (Lipinski definition) is 1. The Morgan fingerprint density at radius 3 is 2.37 bits per heavy atom. The quantitative estimate of drug-likeness (QED) is 0.925. The van der Waals surface area contributed by atoms with Crippen LogP contribution in [0.1, 0.15) is 0 Å². The van der Waals surface area contributed by atoms with Gasteiger partial charge in [-0.3, -0.25) is 0 Å². The van der Waals surface area contributed by atoms with Gasteiger partial charge in [0.15, 0.2) is 0 Å². The van der Waals surface area contributed by atoms with Crippen molar-refractivity contribution >= 4 is 26.7 Å². The summed E-state index contributed by atoms with van der Waals surface area (Å²) in [5, 5.41) is 1.72. The average molecular weight is 334 g/mol. The van der Waals surface area contributed by atoms with E-state index in [9.17, 15) is 13.2 Å². The van der Waals surface area contributed by atoms with E-state index in [4.69, 9.17) is 10.5 Å². The van der Waals surface area contributed by atoms with Crippen molar-refractivity contribution in [3.8, 4) is 5.75 Å². The molecular weight excluding hydrogens is 323 g/mol. The van der Waals surface area contributed by atoms with E-state index in [1.54, 1.807) is 18.2 Å². The van der Waals surface area contributed by atoms with Crippen molar-refractivity contribution in [2.45, 2.75) is 12.3 Å². The van der Waals surface area contributed by atoms with Crippen LogP contribution in [0.5, 0.6) is 5.75 Å². The normalized spacial score (nSPS) is 13.5. The number of hydrogen-bond acceptors (Lipinski definition) is 2. The zero-order chi connectivity index (χ0) is 14.0. The SMILES string of the molecule is NCC(Oc1ccc2cc(Br)ccc2c1)C(F)(F)F. The van der Waals surface area contributed by atoms with Crippen molar-refractivity contribution in [2.24, 2.45) is 5.73 Å². The fraction of sp³-hybridized carbons (Fsp3) is 0.231. The largest absolute Gasteiger partial charge is 0.480 e. The van der Waals surface area contributed by atoms with Crippen molar-refractivity contribution < 1.29 is 17.9 Å². The molecule has 102 valence electrons. The molecule has 0 aromatic heterocycles. The molecule has 0 fully saturated rings. The van der Waals surface area contributed by atoms with Crippen molar-refractivity contribution in [1.82, 2.24) is 0 Å². The maximum Gasteiger partial charge on any atom is 0.426 e. The minimum absolute atomic E-state index is 0.155. The molecule has 0 aliphatic carbocycles. The molecule has 6 heteroatoms. The van der Waals surface area contributed by atoms with Crippen molar-refractivity contribution in [1.29, 1.82) is 0 Å². The van der Waals surface area contributed by atoms with E-state index in [1.807, 2.05) is 12.1 Å². The monoisotopic (exact) mass is 333 g/mol. The lowest BCUT2D eigenvalue weighted by Gasteiger charge is -2.20. The summed E-state index contributed by atoms with van der Waals surface area (Å²) in [7, 11) is 0. The molecule has 2 nitrogen and oxygen atoms in total. The molecule has 0 aliphatic rings. The standard InChI is InChI=1S/C13H11BrF3NO/c14-10-3-1-9-6-11(4-2-8(9)5-10)19-12(7-18)13(15,16)17/h1-6,12H,7,18H2. The number of alkyl halides is 3. The first-order chi connectivity index (χ1) is 8.90. The molecule has 2 aromatic carbocycles. The number of nitrogens with two attached hydrogens (primary N) is 1. The minimum Gasteiger partial charge on any atom is -0.480 e. The molecule has 2 N–H and O–H groups in total. The molecule has 0 amide bonds. The van der Waals surface area contributed by atoms with Crippen LogP contribution < -0.4 is 10.5 Å². The summed E-state index contributed by atoms with van der Waals surface area (Å²) in [6.45, 7) is -0.609. The second-order valence-corrected chi connectivity index (χ2v) is 4.95. The Hall–Kier alpha value is -1.27. The molecule has 0 radical (unpaired) electrons. The highest BCUT2D eigenvalue weighted by molar-refractivity contribution is 9.10. The van der Waals surface area contributed by atoms with E-state index in [0.717, 1.165) is 15.2 Å². The molecule has 0 bridgehead atoms. The van der Waals surface area contributed by atoms with Crippen molar-refractivity contribution in [2.75, 3.05) is 6.54 Å². The Balaban J connectivity index is 2.29. The van der Waals surface area contributed by atoms with Crippen LogP contribution in [0.4, 0.5) is 13.2 Å². The molecule has 1 unspecified atom stereocenters. The van der Waals surface area contributed by atoms with Crippen LogP contribution in [0.3, 0.4) is 0 Å². The molecule has 0 saturated heterocycles. The van der Waals surface area contributed by atoms with Gasteiger partial charge in [0.2, 0.25) is 6.10 Å². The zero-order valence-electron chi connectivity index (χ0n) is 9.75. The first-order valence-corrected chi connectivity index (χ1v) is 6.32. The van der Waals surface area contributed by atoms with Gasteiger partial charge in [0.1, 0.15) is 5.75 Å². The molecular formula is C13H11BrF3NO. The van der Waals surface area contributed by atoms with Crippen LogP contribution in [0.2, 0.25) is 0 Å². The van der Waals surface area contributed by atoms with Gasteiger partial charge in [-0.15, -0.1) is 0 Å². The third-order valence-electron chi connectivity index (χ3n) is 2.63.